The number of rotatable bonds is 5. The number of aromatic nitrogens is 3. The fraction of sp³-hybridized carbons (Fsp3) is 0.500. The quantitative estimate of drug-likeness (QED) is 0.637. The molecule has 3 rings (SSSR count). The molecule has 0 aliphatic carbocycles. The van der Waals surface area contributed by atoms with Gasteiger partial charge in [-0.2, -0.15) is 5.10 Å². The van der Waals surface area contributed by atoms with Gasteiger partial charge in [-0.3, -0.25) is 19.3 Å². The Balaban J connectivity index is 1.72. The van der Waals surface area contributed by atoms with Crippen LogP contribution >= 0.6 is 23.6 Å². The van der Waals surface area contributed by atoms with E-state index in [9.17, 15) is 9.59 Å². The van der Waals surface area contributed by atoms with E-state index in [2.05, 4.69) is 10.2 Å². The van der Waals surface area contributed by atoms with Crippen LogP contribution in [0.25, 0.3) is 10.7 Å². The van der Waals surface area contributed by atoms with Crippen LogP contribution < -0.4 is 0 Å². The van der Waals surface area contributed by atoms with Gasteiger partial charge in [0.05, 0.1) is 17.4 Å². The molecule has 2 aromatic rings. The Labute approximate surface area is 154 Å². The highest BCUT2D eigenvalue weighted by atomic mass is 32.1. The number of carbonyl (C=O) groups is 2. The van der Waals surface area contributed by atoms with Gasteiger partial charge in [0.15, 0.2) is 10.6 Å². The number of aromatic amines is 1. The number of amides is 1. The molecule has 0 bridgehead atoms. The van der Waals surface area contributed by atoms with Gasteiger partial charge in [-0.1, -0.05) is 6.07 Å². The van der Waals surface area contributed by atoms with Crippen molar-refractivity contribution in [1.82, 2.24) is 19.7 Å². The van der Waals surface area contributed by atoms with Crippen LogP contribution in [-0.4, -0.2) is 51.2 Å². The van der Waals surface area contributed by atoms with Crippen LogP contribution in [0.15, 0.2) is 17.5 Å². The van der Waals surface area contributed by atoms with E-state index in [4.69, 9.17) is 17.0 Å². The van der Waals surface area contributed by atoms with Crippen molar-refractivity contribution in [2.45, 2.75) is 26.3 Å². The number of esters is 1. The van der Waals surface area contributed by atoms with Gasteiger partial charge in [0.1, 0.15) is 6.54 Å². The highest BCUT2D eigenvalue weighted by molar-refractivity contribution is 7.71. The molecule has 9 heteroatoms. The Morgan fingerprint density at radius 2 is 2.36 bits per heavy atom. The molecule has 3 heterocycles. The van der Waals surface area contributed by atoms with Crippen molar-refractivity contribution in [2.24, 2.45) is 5.92 Å². The zero-order valence-corrected chi connectivity index (χ0v) is 15.6. The molecule has 1 fully saturated rings. The number of hydrogen-bond donors (Lipinski definition) is 1. The predicted octanol–water partition coefficient (Wildman–Crippen LogP) is 2.47. The highest BCUT2D eigenvalue weighted by Gasteiger charge is 2.29. The molecule has 0 aromatic carbocycles. The van der Waals surface area contributed by atoms with Crippen molar-refractivity contribution < 1.29 is 14.3 Å². The average Bonchev–Trinajstić information content (AvgIpc) is 3.26. The number of H-pyrrole nitrogens is 1. The molecule has 2 aromatic heterocycles. The summed E-state index contributed by atoms with van der Waals surface area (Å²) in [6, 6.07) is 3.87. The second-order valence-electron chi connectivity index (χ2n) is 5.85. The fourth-order valence-corrected chi connectivity index (χ4v) is 3.87. The summed E-state index contributed by atoms with van der Waals surface area (Å²) >= 11 is 6.81. The third kappa shape index (κ3) is 3.98. The lowest BCUT2D eigenvalue weighted by molar-refractivity contribution is -0.151. The van der Waals surface area contributed by atoms with Crippen molar-refractivity contribution in [3.05, 3.63) is 22.3 Å². The molecule has 1 atom stereocenters. The van der Waals surface area contributed by atoms with E-state index in [1.165, 1.54) is 0 Å². The summed E-state index contributed by atoms with van der Waals surface area (Å²) in [5.74, 6) is 0.127. The maximum atomic E-state index is 12.7. The number of hydrogen-bond acceptors (Lipinski definition) is 6. The number of thiophene rings is 1. The van der Waals surface area contributed by atoms with Gasteiger partial charge < -0.3 is 9.64 Å². The molecule has 0 spiro atoms. The van der Waals surface area contributed by atoms with Crippen LogP contribution in [0.3, 0.4) is 0 Å². The van der Waals surface area contributed by atoms with Gasteiger partial charge in [0, 0.05) is 13.1 Å². The number of likely N-dealkylation sites (tertiary alicyclic amines) is 1. The first-order chi connectivity index (χ1) is 12.1. The normalized spacial score (nSPS) is 17.5. The lowest BCUT2D eigenvalue weighted by Crippen LogP contribution is -2.44. The van der Waals surface area contributed by atoms with E-state index in [1.54, 1.807) is 27.7 Å². The van der Waals surface area contributed by atoms with E-state index in [1.807, 2.05) is 17.5 Å². The first-order valence-electron chi connectivity index (χ1n) is 8.23. The zero-order valence-electron chi connectivity index (χ0n) is 13.9. The Kier molecular flexibility index (Phi) is 5.64. The molecule has 1 N–H and O–H groups in total. The van der Waals surface area contributed by atoms with Crippen molar-refractivity contribution in [2.75, 3.05) is 19.7 Å². The maximum Gasteiger partial charge on any atom is 0.310 e. The van der Waals surface area contributed by atoms with Crippen molar-refractivity contribution in [1.29, 1.82) is 0 Å². The average molecular weight is 380 g/mol. The van der Waals surface area contributed by atoms with Crippen LogP contribution in [0, 0.1) is 10.7 Å². The smallest absolute Gasteiger partial charge is 0.310 e. The molecule has 1 aliphatic rings. The second kappa shape index (κ2) is 7.92. The van der Waals surface area contributed by atoms with Crippen LogP contribution in [-0.2, 0) is 20.9 Å². The Morgan fingerprint density at radius 3 is 3.08 bits per heavy atom. The molecular weight excluding hydrogens is 360 g/mol. The molecule has 134 valence electrons. The minimum Gasteiger partial charge on any atom is -0.466 e. The number of nitrogens with one attached hydrogen (secondary N) is 1. The third-order valence-corrected chi connectivity index (χ3v) is 5.36. The number of carbonyl (C=O) groups excluding carboxylic acids is 2. The summed E-state index contributed by atoms with van der Waals surface area (Å²) in [7, 11) is 0. The minimum absolute atomic E-state index is 0.0655. The van der Waals surface area contributed by atoms with Crippen LogP contribution in [0.4, 0.5) is 0 Å². The second-order valence-corrected chi connectivity index (χ2v) is 7.18. The Bertz CT molecular complexity index is 797. The van der Waals surface area contributed by atoms with Gasteiger partial charge >= 0.3 is 5.97 Å². The lowest BCUT2D eigenvalue weighted by atomic mass is 9.98. The molecular formula is C16H20N4O3S2. The summed E-state index contributed by atoms with van der Waals surface area (Å²) in [5.41, 5.74) is 0. The fourth-order valence-electron chi connectivity index (χ4n) is 2.95. The minimum atomic E-state index is -0.244. The summed E-state index contributed by atoms with van der Waals surface area (Å²) in [4.78, 5) is 27.4. The topological polar surface area (TPSA) is 80.2 Å². The first kappa shape index (κ1) is 17.8. The summed E-state index contributed by atoms with van der Waals surface area (Å²) in [5, 5.41) is 8.94. The Morgan fingerprint density at radius 1 is 1.52 bits per heavy atom. The van der Waals surface area contributed by atoms with Gasteiger partial charge in [-0.25, -0.2) is 0 Å². The molecule has 1 amide bonds. The number of nitrogens with zero attached hydrogens (tertiary/aromatic N) is 3. The predicted molar refractivity (Wildman–Crippen MR) is 96.7 cm³/mol. The third-order valence-electron chi connectivity index (χ3n) is 4.19. The molecule has 25 heavy (non-hydrogen) atoms. The lowest BCUT2D eigenvalue weighted by Gasteiger charge is -2.31. The van der Waals surface area contributed by atoms with Crippen LogP contribution in [0.2, 0.25) is 0 Å². The van der Waals surface area contributed by atoms with Crippen molar-refractivity contribution in [3.8, 4) is 10.7 Å². The van der Waals surface area contributed by atoms with Gasteiger partial charge in [-0.15, -0.1) is 11.3 Å². The van der Waals surface area contributed by atoms with E-state index >= 15 is 0 Å². The molecule has 7 nitrogen and oxygen atoms in total. The maximum absolute atomic E-state index is 12.7. The van der Waals surface area contributed by atoms with E-state index in [0.717, 1.165) is 17.7 Å². The van der Waals surface area contributed by atoms with Crippen LogP contribution in [0.1, 0.15) is 19.8 Å². The molecule has 1 aliphatic heterocycles. The van der Waals surface area contributed by atoms with Gasteiger partial charge in [0.2, 0.25) is 5.91 Å². The largest absolute Gasteiger partial charge is 0.466 e. The first-order valence-corrected chi connectivity index (χ1v) is 9.52. The molecule has 1 unspecified atom stereocenters. The Hall–Kier alpha value is -2.00. The van der Waals surface area contributed by atoms with Crippen molar-refractivity contribution in [3.63, 3.8) is 0 Å². The monoisotopic (exact) mass is 380 g/mol. The zero-order chi connectivity index (χ0) is 17.8. The van der Waals surface area contributed by atoms with Gasteiger partial charge in [0.25, 0.3) is 0 Å². The van der Waals surface area contributed by atoms with E-state index in [-0.39, 0.29) is 24.3 Å². The molecule has 0 radical (unpaired) electrons. The SMILES string of the molecule is CCOC(=O)C1CCCN(C(=O)Cn2c(-c3cccs3)n[nH]c2=S)C1. The molecule has 0 saturated carbocycles. The number of ether oxygens (including phenoxy) is 1. The highest BCUT2D eigenvalue weighted by Crippen LogP contribution is 2.23. The van der Waals surface area contributed by atoms with Gasteiger partial charge in [-0.05, 0) is 43.4 Å². The summed E-state index contributed by atoms with van der Waals surface area (Å²) in [6.07, 6.45) is 1.55. The molecule has 1 saturated heterocycles. The number of piperidine rings is 1. The summed E-state index contributed by atoms with van der Waals surface area (Å²) in [6.45, 7) is 3.30. The standard InChI is InChI=1S/C16H20N4O3S2/c1-2-23-15(22)11-5-3-7-19(9-11)13(21)10-20-14(17-18-16(20)24)12-6-4-8-25-12/h4,6,8,11H,2-3,5,7,9-10H2,1H3,(H,18,24). The van der Waals surface area contributed by atoms with Crippen molar-refractivity contribution >= 4 is 35.4 Å². The van der Waals surface area contributed by atoms with E-state index in [0.29, 0.717) is 30.3 Å². The van der Waals surface area contributed by atoms with Crippen LogP contribution in [0.5, 0.6) is 0 Å². The summed E-state index contributed by atoms with van der Waals surface area (Å²) < 4.78 is 7.21. The van der Waals surface area contributed by atoms with E-state index < -0.39 is 0 Å².